The number of ether oxygens (including phenoxy) is 1. The Kier molecular flexibility index (Phi) is 4.03. The van der Waals surface area contributed by atoms with Gasteiger partial charge >= 0.3 is 0 Å². The normalized spacial score (nSPS) is 15.4. The van der Waals surface area contributed by atoms with Crippen molar-refractivity contribution in [1.29, 1.82) is 0 Å². The van der Waals surface area contributed by atoms with E-state index < -0.39 is 0 Å². The first kappa shape index (κ1) is 11.1. The molecule has 0 spiro atoms. The maximum Gasteiger partial charge on any atom is 0.243 e. The zero-order valence-corrected chi connectivity index (χ0v) is 9.07. The van der Waals surface area contributed by atoms with E-state index in [0.717, 1.165) is 0 Å². The molecule has 2 atom stereocenters. The number of hydrogen-bond acceptors (Lipinski definition) is 5. The molecule has 0 saturated heterocycles. The van der Waals surface area contributed by atoms with E-state index in [1.807, 2.05) is 20.9 Å². The first-order chi connectivity index (χ1) is 6.67. The molecule has 80 valence electrons. The summed E-state index contributed by atoms with van der Waals surface area (Å²) in [5.74, 6) is 1.31. The van der Waals surface area contributed by atoms with E-state index in [2.05, 4.69) is 15.5 Å². The molecule has 1 heterocycles. The Morgan fingerprint density at radius 3 is 2.79 bits per heavy atom. The summed E-state index contributed by atoms with van der Waals surface area (Å²) in [5.41, 5.74) is 0. The Morgan fingerprint density at radius 2 is 2.21 bits per heavy atom. The summed E-state index contributed by atoms with van der Waals surface area (Å²) in [6.45, 7) is 3.94. The van der Waals surface area contributed by atoms with Crippen LogP contribution in [0.25, 0.3) is 0 Å². The molecule has 0 amide bonds. The second kappa shape index (κ2) is 5.07. The van der Waals surface area contributed by atoms with Gasteiger partial charge in [-0.1, -0.05) is 5.16 Å². The fourth-order valence-corrected chi connectivity index (χ4v) is 0.990. The van der Waals surface area contributed by atoms with E-state index in [1.165, 1.54) is 0 Å². The van der Waals surface area contributed by atoms with Gasteiger partial charge in [0.05, 0.1) is 12.1 Å². The molecule has 1 N–H and O–H groups in total. The minimum atomic E-state index is 0.0918. The number of aromatic nitrogens is 2. The van der Waals surface area contributed by atoms with Gasteiger partial charge in [-0.2, -0.15) is 4.98 Å². The van der Waals surface area contributed by atoms with E-state index in [0.29, 0.717) is 18.1 Å². The van der Waals surface area contributed by atoms with Gasteiger partial charge in [0.15, 0.2) is 5.82 Å². The van der Waals surface area contributed by atoms with E-state index in [-0.39, 0.29) is 12.1 Å². The van der Waals surface area contributed by atoms with Crippen LogP contribution in [0.15, 0.2) is 4.52 Å². The Morgan fingerprint density at radius 1 is 1.50 bits per heavy atom. The lowest BCUT2D eigenvalue weighted by atomic mass is 10.3. The third-order valence-corrected chi connectivity index (χ3v) is 2.16. The molecule has 0 aliphatic rings. The molecule has 0 fully saturated rings. The molecule has 0 aromatic carbocycles. The number of hydrogen-bond donors (Lipinski definition) is 1. The molecule has 2 unspecified atom stereocenters. The third-order valence-electron chi connectivity index (χ3n) is 2.16. The highest BCUT2D eigenvalue weighted by Gasteiger charge is 2.13. The smallest absolute Gasteiger partial charge is 0.243 e. The summed E-state index contributed by atoms with van der Waals surface area (Å²) < 4.78 is 10.2. The Hall–Kier alpha value is -0.940. The van der Waals surface area contributed by atoms with Gasteiger partial charge < -0.3 is 14.6 Å². The summed E-state index contributed by atoms with van der Waals surface area (Å²) >= 11 is 0. The van der Waals surface area contributed by atoms with E-state index >= 15 is 0 Å². The lowest BCUT2D eigenvalue weighted by molar-refractivity contribution is 0.116. The second-order valence-electron chi connectivity index (χ2n) is 3.31. The first-order valence-corrected chi connectivity index (χ1v) is 4.70. The molecular formula is C9H17N3O2. The van der Waals surface area contributed by atoms with Crippen molar-refractivity contribution in [1.82, 2.24) is 15.5 Å². The SMILES string of the molecule is CNC(C)c1nc(CC(C)OC)no1. The van der Waals surface area contributed by atoms with Crippen LogP contribution in [0.4, 0.5) is 0 Å². The zero-order chi connectivity index (χ0) is 10.6. The Balaban J connectivity index is 2.59. The van der Waals surface area contributed by atoms with Crippen molar-refractivity contribution in [3.8, 4) is 0 Å². The van der Waals surface area contributed by atoms with Crippen LogP contribution >= 0.6 is 0 Å². The Labute approximate surface area is 83.8 Å². The van der Waals surface area contributed by atoms with Crippen molar-refractivity contribution in [2.24, 2.45) is 0 Å². The summed E-state index contributed by atoms with van der Waals surface area (Å²) in [4.78, 5) is 4.25. The number of methoxy groups -OCH3 is 1. The lowest BCUT2D eigenvalue weighted by Crippen LogP contribution is -2.13. The van der Waals surface area contributed by atoms with Crippen LogP contribution in [0.2, 0.25) is 0 Å². The van der Waals surface area contributed by atoms with Crippen LogP contribution in [0.1, 0.15) is 31.6 Å². The highest BCUT2D eigenvalue weighted by Crippen LogP contribution is 2.09. The van der Waals surface area contributed by atoms with Gasteiger partial charge in [0, 0.05) is 13.5 Å². The van der Waals surface area contributed by atoms with Crippen molar-refractivity contribution in [3.63, 3.8) is 0 Å². The first-order valence-electron chi connectivity index (χ1n) is 4.70. The number of nitrogens with one attached hydrogen (secondary N) is 1. The minimum Gasteiger partial charge on any atom is -0.381 e. The summed E-state index contributed by atoms with van der Waals surface area (Å²) in [6, 6.07) is 0.0918. The fourth-order valence-electron chi connectivity index (χ4n) is 0.990. The standard InChI is InChI=1S/C9H17N3O2/c1-6(13-4)5-8-11-9(14-12-8)7(2)10-3/h6-7,10H,5H2,1-4H3. The number of rotatable bonds is 5. The fraction of sp³-hybridized carbons (Fsp3) is 0.778. The minimum absolute atomic E-state index is 0.0918. The van der Waals surface area contributed by atoms with Crippen LogP contribution in [0, 0.1) is 0 Å². The average molecular weight is 199 g/mol. The molecule has 1 rings (SSSR count). The van der Waals surface area contributed by atoms with Crippen LogP contribution in [-0.2, 0) is 11.2 Å². The third kappa shape index (κ3) is 2.78. The molecule has 0 bridgehead atoms. The van der Waals surface area contributed by atoms with Crippen LogP contribution < -0.4 is 5.32 Å². The molecule has 5 nitrogen and oxygen atoms in total. The van der Waals surface area contributed by atoms with Gasteiger partial charge in [0.2, 0.25) is 5.89 Å². The molecule has 1 aromatic rings. The second-order valence-corrected chi connectivity index (χ2v) is 3.31. The largest absolute Gasteiger partial charge is 0.381 e. The lowest BCUT2D eigenvalue weighted by Gasteiger charge is -2.04. The van der Waals surface area contributed by atoms with Gasteiger partial charge in [-0.3, -0.25) is 0 Å². The van der Waals surface area contributed by atoms with Crippen LogP contribution in [-0.4, -0.2) is 30.4 Å². The molecule has 1 aromatic heterocycles. The molecule has 0 saturated carbocycles. The van der Waals surface area contributed by atoms with Crippen LogP contribution in [0.3, 0.4) is 0 Å². The van der Waals surface area contributed by atoms with Gasteiger partial charge in [-0.05, 0) is 20.9 Å². The van der Waals surface area contributed by atoms with E-state index in [9.17, 15) is 0 Å². The summed E-state index contributed by atoms with van der Waals surface area (Å²) in [7, 11) is 3.52. The van der Waals surface area contributed by atoms with Crippen molar-refractivity contribution >= 4 is 0 Å². The molecular weight excluding hydrogens is 182 g/mol. The summed E-state index contributed by atoms with van der Waals surface area (Å²) in [6.07, 6.45) is 0.793. The van der Waals surface area contributed by atoms with Crippen molar-refractivity contribution in [2.45, 2.75) is 32.4 Å². The molecule has 0 aliphatic heterocycles. The van der Waals surface area contributed by atoms with Gasteiger partial charge in [0.25, 0.3) is 0 Å². The summed E-state index contributed by atoms with van der Waals surface area (Å²) in [5, 5.41) is 6.90. The molecule has 5 heteroatoms. The van der Waals surface area contributed by atoms with E-state index in [1.54, 1.807) is 7.11 Å². The highest BCUT2D eigenvalue weighted by molar-refractivity contribution is 4.92. The highest BCUT2D eigenvalue weighted by atomic mass is 16.5. The van der Waals surface area contributed by atoms with Crippen LogP contribution in [0.5, 0.6) is 0 Å². The maximum absolute atomic E-state index is 5.11. The quantitative estimate of drug-likeness (QED) is 0.764. The average Bonchev–Trinajstić information content (AvgIpc) is 2.65. The predicted molar refractivity (Wildman–Crippen MR) is 51.9 cm³/mol. The topological polar surface area (TPSA) is 60.2 Å². The zero-order valence-electron chi connectivity index (χ0n) is 9.07. The monoisotopic (exact) mass is 199 g/mol. The molecule has 0 aliphatic carbocycles. The predicted octanol–water partition coefficient (Wildman–Crippen LogP) is 0.927. The van der Waals surface area contributed by atoms with Gasteiger partial charge in [0.1, 0.15) is 0 Å². The van der Waals surface area contributed by atoms with Crippen molar-refractivity contribution in [3.05, 3.63) is 11.7 Å². The molecule has 14 heavy (non-hydrogen) atoms. The van der Waals surface area contributed by atoms with Gasteiger partial charge in [-0.15, -0.1) is 0 Å². The molecule has 0 radical (unpaired) electrons. The van der Waals surface area contributed by atoms with Crippen molar-refractivity contribution < 1.29 is 9.26 Å². The van der Waals surface area contributed by atoms with Crippen molar-refractivity contribution in [2.75, 3.05) is 14.2 Å². The van der Waals surface area contributed by atoms with E-state index in [4.69, 9.17) is 9.26 Å². The maximum atomic E-state index is 5.11. The van der Waals surface area contributed by atoms with Gasteiger partial charge in [-0.25, -0.2) is 0 Å². The number of nitrogens with zero attached hydrogens (tertiary/aromatic N) is 2. The Bertz CT molecular complexity index is 275.